The molecule has 0 spiro atoms. The number of nitrogens with two attached hydrogens (primary N) is 1. The van der Waals surface area contributed by atoms with Gasteiger partial charge in [0.05, 0.1) is 12.1 Å². The van der Waals surface area contributed by atoms with Crippen LogP contribution in [0.2, 0.25) is 0 Å². The summed E-state index contributed by atoms with van der Waals surface area (Å²) in [5, 5.41) is 1.69. The van der Waals surface area contributed by atoms with Crippen molar-refractivity contribution in [2.45, 2.75) is 6.18 Å². The normalized spacial score (nSPS) is 11.1. The highest BCUT2D eigenvalue weighted by molar-refractivity contribution is 9.10. The molecule has 21 heavy (non-hydrogen) atoms. The zero-order valence-corrected chi connectivity index (χ0v) is 12.6. The van der Waals surface area contributed by atoms with Crippen LogP contribution in [0.15, 0.2) is 22.7 Å². The van der Waals surface area contributed by atoms with E-state index in [0.717, 1.165) is 4.90 Å². The van der Waals surface area contributed by atoms with Crippen molar-refractivity contribution in [3.8, 4) is 0 Å². The lowest BCUT2D eigenvalue weighted by atomic mass is 10.1. The SMILES string of the molecule is CN(CC(=O)NCC(F)(F)F)C(=O)c1cc(Br)ccc1N. The second-order valence-electron chi connectivity index (χ2n) is 4.28. The molecule has 2 amide bonds. The van der Waals surface area contributed by atoms with Crippen molar-refractivity contribution >= 4 is 33.4 Å². The van der Waals surface area contributed by atoms with Gasteiger partial charge in [-0.05, 0) is 18.2 Å². The third-order valence-corrected chi connectivity index (χ3v) is 2.95. The van der Waals surface area contributed by atoms with Gasteiger partial charge in [0.25, 0.3) is 5.91 Å². The van der Waals surface area contributed by atoms with E-state index in [-0.39, 0.29) is 11.3 Å². The predicted octanol–water partition coefficient (Wildman–Crippen LogP) is 1.78. The number of hydrogen-bond acceptors (Lipinski definition) is 3. The van der Waals surface area contributed by atoms with E-state index in [1.54, 1.807) is 11.4 Å². The number of rotatable bonds is 4. The molecule has 0 saturated carbocycles. The Labute approximate surface area is 127 Å². The van der Waals surface area contributed by atoms with Crippen LogP contribution in [-0.2, 0) is 4.79 Å². The van der Waals surface area contributed by atoms with E-state index in [1.807, 2.05) is 0 Å². The van der Waals surface area contributed by atoms with Crippen LogP contribution in [0.25, 0.3) is 0 Å². The van der Waals surface area contributed by atoms with E-state index in [9.17, 15) is 22.8 Å². The zero-order chi connectivity index (χ0) is 16.2. The van der Waals surface area contributed by atoms with Gasteiger partial charge in [0.2, 0.25) is 5.91 Å². The Hall–Kier alpha value is -1.77. The predicted molar refractivity (Wildman–Crippen MR) is 74.6 cm³/mol. The average Bonchev–Trinajstić information content (AvgIpc) is 2.37. The van der Waals surface area contributed by atoms with Gasteiger partial charge in [0, 0.05) is 17.2 Å². The first kappa shape index (κ1) is 17.3. The third-order valence-electron chi connectivity index (χ3n) is 2.46. The maximum Gasteiger partial charge on any atom is 0.405 e. The lowest BCUT2D eigenvalue weighted by Gasteiger charge is -2.18. The molecule has 0 aliphatic heterocycles. The fourth-order valence-electron chi connectivity index (χ4n) is 1.46. The summed E-state index contributed by atoms with van der Waals surface area (Å²) >= 11 is 3.18. The topological polar surface area (TPSA) is 75.4 Å². The molecule has 0 aliphatic carbocycles. The van der Waals surface area contributed by atoms with Crippen molar-refractivity contribution in [1.82, 2.24) is 10.2 Å². The van der Waals surface area contributed by atoms with Crippen LogP contribution in [-0.4, -0.2) is 43.0 Å². The van der Waals surface area contributed by atoms with E-state index in [1.165, 1.54) is 19.2 Å². The van der Waals surface area contributed by atoms with Gasteiger partial charge in [-0.25, -0.2) is 0 Å². The number of hydrogen-bond donors (Lipinski definition) is 2. The van der Waals surface area contributed by atoms with Gasteiger partial charge in [-0.3, -0.25) is 9.59 Å². The van der Waals surface area contributed by atoms with Crippen LogP contribution in [0.3, 0.4) is 0 Å². The van der Waals surface area contributed by atoms with E-state index in [2.05, 4.69) is 15.9 Å². The van der Waals surface area contributed by atoms with Gasteiger partial charge in [0.15, 0.2) is 0 Å². The summed E-state index contributed by atoms with van der Waals surface area (Å²) in [7, 11) is 1.30. The minimum Gasteiger partial charge on any atom is -0.398 e. The Morgan fingerprint density at radius 2 is 2.00 bits per heavy atom. The van der Waals surface area contributed by atoms with Gasteiger partial charge in [-0.2, -0.15) is 13.2 Å². The quantitative estimate of drug-likeness (QED) is 0.796. The van der Waals surface area contributed by atoms with Crippen LogP contribution < -0.4 is 11.1 Å². The largest absolute Gasteiger partial charge is 0.405 e. The van der Waals surface area contributed by atoms with Crippen molar-refractivity contribution in [3.63, 3.8) is 0 Å². The first-order valence-electron chi connectivity index (χ1n) is 5.74. The highest BCUT2D eigenvalue weighted by Crippen LogP contribution is 2.19. The summed E-state index contributed by atoms with van der Waals surface area (Å²) in [4.78, 5) is 24.4. The molecule has 5 nitrogen and oxygen atoms in total. The molecule has 0 unspecified atom stereocenters. The van der Waals surface area contributed by atoms with E-state index in [4.69, 9.17) is 5.73 Å². The molecular formula is C12H13BrF3N3O2. The molecule has 0 aliphatic rings. The van der Waals surface area contributed by atoms with Crippen molar-refractivity contribution < 1.29 is 22.8 Å². The number of alkyl halides is 3. The summed E-state index contributed by atoms with van der Waals surface area (Å²) in [6, 6.07) is 4.62. The number of amides is 2. The molecular weight excluding hydrogens is 355 g/mol. The van der Waals surface area contributed by atoms with Gasteiger partial charge < -0.3 is 16.0 Å². The lowest BCUT2D eigenvalue weighted by molar-refractivity contribution is -0.138. The third kappa shape index (κ3) is 5.62. The van der Waals surface area contributed by atoms with Gasteiger partial charge in [-0.15, -0.1) is 0 Å². The van der Waals surface area contributed by atoms with Crippen LogP contribution in [0, 0.1) is 0 Å². The van der Waals surface area contributed by atoms with E-state index in [0.29, 0.717) is 4.47 Å². The standard InChI is InChI=1S/C12H13BrF3N3O2/c1-19(5-10(20)18-6-12(14,15)16)11(21)8-4-7(13)2-3-9(8)17/h2-4H,5-6,17H2,1H3,(H,18,20). The van der Waals surface area contributed by atoms with Crippen molar-refractivity contribution in [2.75, 3.05) is 25.9 Å². The molecule has 1 aromatic rings. The summed E-state index contributed by atoms with van der Waals surface area (Å²) in [5.41, 5.74) is 6.03. The number of likely N-dealkylation sites (N-methyl/N-ethyl adjacent to an activating group) is 1. The van der Waals surface area contributed by atoms with Crippen LogP contribution in [0.4, 0.5) is 18.9 Å². The maximum absolute atomic E-state index is 12.1. The van der Waals surface area contributed by atoms with Crippen LogP contribution >= 0.6 is 15.9 Å². The molecule has 0 heterocycles. The van der Waals surface area contributed by atoms with Crippen LogP contribution in [0.5, 0.6) is 0 Å². The average molecular weight is 368 g/mol. The molecule has 1 aromatic carbocycles. The summed E-state index contributed by atoms with van der Waals surface area (Å²) < 4.78 is 36.5. The Kier molecular flexibility index (Phi) is 5.59. The second kappa shape index (κ2) is 6.79. The number of benzene rings is 1. The molecule has 3 N–H and O–H groups in total. The fraction of sp³-hybridized carbons (Fsp3) is 0.333. The maximum atomic E-state index is 12.1. The first-order valence-corrected chi connectivity index (χ1v) is 6.53. The van der Waals surface area contributed by atoms with E-state index < -0.39 is 31.1 Å². The smallest absolute Gasteiger partial charge is 0.398 e. The molecule has 116 valence electrons. The van der Waals surface area contributed by atoms with E-state index >= 15 is 0 Å². The lowest BCUT2D eigenvalue weighted by Crippen LogP contribution is -2.41. The Balaban J connectivity index is 2.66. The molecule has 0 aromatic heterocycles. The Morgan fingerprint density at radius 3 is 2.57 bits per heavy atom. The molecule has 0 atom stereocenters. The van der Waals surface area contributed by atoms with Crippen molar-refractivity contribution in [3.05, 3.63) is 28.2 Å². The fourth-order valence-corrected chi connectivity index (χ4v) is 1.82. The molecule has 1 rings (SSSR count). The zero-order valence-electron chi connectivity index (χ0n) is 11.0. The van der Waals surface area contributed by atoms with Gasteiger partial charge in [0.1, 0.15) is 6.54 Å². The number of carbonyl (C=O) groups excluding carboxylic acids is 2. The number of nitrogens with one attached hydrogen (secondary N) is 1. The second-order valence-corrected chi connectivity index (χ2v) is 5.20. The Morgan fingerprint density at radius 1 is 1.38 bits per heavy atom. The van der Waals surface area contributed by atoms with Crippen molar-refractivity contribution in [1.29, 1.82) is 0 Å². The summed E-state index contributed by atoms with van der Waals surface area (Å²) in [6.45, 7) is -1.94. The summed E-state index contributed by atoms with van der Waals surface area (Å²) in [5.74, 6) is -1.47. The number of anilines is 1. The first-order chi connectivity index (χ1) is 9.60. The Bertz CT molecular complexity index is 549. The summed E-state index contributed by atoms with van der Waals surface area (Å²) in [6.07, 6.45) is -4.49. The highest BCUT2D eigenvalue weighted by Gasteiger charge is 2.28. The molecule has 0 radical (unpaired) electrons. The minimum absolute atomic E-state index is 0.162. The molecule has 0 bridgehead atoms. The van der Waals surface area contributed by atoms with Gasteiger partial charge in [-0.1, -0.05) is 15.9 Å². The number of nitrogens with zero attached hydrogens (tertiary/aromatic N) is 1. The number of nitrogen functional groups attached to an aromatic ring is 1. The number of halogens is 4. The molecule has 0 fully saturated rings. The van der Waals surface area contributed by atoms with Gasteiger partial charge >= 0.3 is 6.18 Å². The minimum atomic E-state index is -4.49. The van der Waals surface area contributed by atoms with Crippen molar-refractivity contribution in [2.24, 2.45) is 0 Å². The highest BCUT2D eigenvalue weighted by atomic mass is 79.9. The molecule has 0 saturated heterocycles. The van der Waals surface area contributed by atoms with Crippen LogP contribution in [0.1, 0.15) is 10.4 Å². The monoisotopic (exact) mass is 367 g/mol. The molecule has 9 heteroatoms. The number of carbonyl (C=O) groups is 2.